The van der Waals surface area contributed by atoms with E-state index in [0.29, 0.717) is 5.15 Å². The van der Waals surface area contributed by atoms with E-state index in [1.165, 1.54) is 5.56 Å². The second-order valence-electron chi connectivity index (χ2n) is 6.80. The summed E-state index contributed by atoms with van der Waals surface area (Å²) in [6, 6.07) is 0. The first-order valence-electron chi connectivity index (χ1n) is 7.69. The van der Waals surface area contributed by atoms with Crippen LogP contribution in [-0.4, -0.2) is 23.3 Å². The number of nitrogens with zero attached hydrogens (tertiary/aromatic N) is 1. The van der Waals surface area contributed by atoms with Crippen molar-refractivity contribution in [1.29, 1.82) is 0 Å². The van der Waals surface area contributed by atoms with E-state index in [9.17, 15) is 0 Å². The van der Waals surface area contributed by atoms with Crippen LogP contribution in [0.3, 0.4) is 0 Å². The molecule has 0 amide bonds. The average Bonchev–Trinajstić information content (AvgIpc) is 2.60. The van der Waals surface area contributed by atoms with Gasteiger partial charge in [0.25, 0.3) is 0 Å². The second kappa shape index (κ2) is 5.90. The third-order valence-electron chi connectivity index (χ3n) is 4.72. The Bertz CT molecular complexity index is 515. The van der Waals surface area contributed by atoms with Crippen molar-refractivity contribution < 1.29 is 9.31 Å². The number of hydrogen-bond donors (Lipinski definition) is 0. The van der Waals surface area contributed by atoms with Gasteiger partial charge in [-0.2, -0.15) is 0 Å². The van der Waals surface area contributed by atoms with Crippen LogP contribution in [-0.2, 0) is 15.7 Å². The molecule has 0 atom stereocenters. The maximum absolute atomic E-state index is 6.19. The fourth-order valence-electron chi connectivity index (χ4n) is 2.50. The normalized spacial score (nSPS) is 20.0. The zero-order valence-electron chi connectivity index (χ0n) is 13.9. The van der Waals surface area contributed by atoms with Crippen LogP contribution < -0.4 is 5.46 Å². The SMILES string of the molecule is CCCCc1c(B2OC(C)(C)C(C)(C)O2)cnc(Cl)c1C. The summed E-state index contributed by atoms with van der Waals surface area (Å²) in [5.74, 6) is 0. The molecule has 21 heavy (non-hydrogen) atoms. The van der Waals surface area contributed by atoms with Crippen molar-refractivity contribution in [2.75, 3.05) is 0 Å². The standard InChI is InChI=1S/C16H25BClNO2/c1-7-8-9-12-11(2)14(18)19-10-13(12)17-20-15(3,4)16(5,6)21-17/h10H,7-9H2,1-6H3. The average molecular weight is 310 g/mol. The van der Waals surface area contributed by atoms with Crippen molar-refractivity contribution in [2.24, 2.45) is 0 Å². The summed E-state index contributed by atoms with van der Waals surface area (Å²) in [7, 11) is -0.370. The predicted octanol–water partition coefficient (Wildman–Crippen LogP) is 3.69. The van der Waals surface area contributed by atoms with Gasteiger partial charge in [-0.25, -0.2) is 4.98 Å². The van der Waals surface area contributed by atoms with Crippen molar-refractivity contribution in [3.05, 3.63) is 22.5 Å². The Hall–Kier alpha value is -0.575. The smallest absolute Gasteiger partial charge is 0.399 e. The van der Waals surface area contributed by atoms with Gasteiger partial charge >= 0.3 is 7.12 Å². The molecule has 1 aromatic heterocycles. The number of unbranched alkanes of at least 4 members (excludes halogenated alkanes) is 1. The van der Waals surface area contributed by atoms with Gasteiger partial charge in [0.15, 0.2) is 0 Å². The third-order valence-corrected chi connectivity index (χ3v) is 5.10. The summed E-state index contributed by atoms with van der Waals surface area (Å²) < 4.78 is 12.3. The predicted molar refractivity (Wildman–Crippen MR) is 88.3 cm³/mol. The van der Waals surface area contributed by atoms with Crippen LogP contribution in [0.2, 0.25) is 5.15 Å². The topological polar surface area (TPSA) is 31.4 Å². The van der Waals surface area contributed by atoms with Gasteiger partial charge in [0.1, 0.15) is 5.15 Å². The van der Waals surface area contributed by atoms with Crippen molar-refractivity contribution in [3.8, 4) is 0 Å². The maximum atomic E-state index is 6.19. The quantitative estimate of drug-likeness (QED) is 0.628. The van der Waals surface area contributed by atoms with Crippen LogP contribution in [0.25, 0.3) is 0 Å². The molecule has 2 rings (SSSR count). The van der Waals surface area contributed by atoms with Crippen LogP contribution in [0.1, 0.15) is 58.6 Å². The molecule has 1 aromatic rings. The molecule has 1 aliphatic heterocycles. The van der Waals surface area contributed by atoms with Gasteiger partial charge in [-0.1, -0.05) is 24.9 Å². The highest BCUT2D eigenvalue weighted by atomic mass is 35.5. The zero-order valence-corrected chi connectivity index (χ0v) is 14.7. The lowest BCUT2D eigenvalue weighted by atomic mass is 9.75. The number of halogens is 1. The minimum atomic E-state index is -0.370. The first kappa shape index (κ1) is 16.8. The van der Waals surface area contributed by atoms with Crippen LogP contribution in [0.4, 0.5) is 0 Å². The summed E-state index contributed by atoms with van der Waals surface area (Å²) in [6.07, 6.45) is 5.04. The highest BCUT2D eigenvalue weighted by molar-refractivity contribution is 6.62. The van der Waals surface area contributed by atoms with E-state index in [4.69, 9.17) is 20.9 Å². The Labute approximate surface area is 133 Å². The first-order valence-corrected chi connectivity index (χ1v) is 8.07. The highest BCUT2D eigenvalue weighted by Crippen LogP contribution is 2.37. The van der Waals surface area contributed by atoms with Crippen LogP contribution in [0, 0.1) is 6.92 Å². The second-order valence-corrected chi connectivity index (χ2v) is 7.16. The van der Waals surface area contributed by atoms with Gasteiger partial charge in [-0.05, 0) is 58.6 Å². The van der Waals surface area contributed by atoms with E-state index >= 15 is 0 Å². The Balaban J connectivity index is 2.39. The van der Waals surface area contributed by atoms with Crippen molar-refractivity contribution in [2.45, 2.75) is 72.0 Å². The van der Waals surface area contributed by atoms with Gasteiger partial charge < -0.3 is 9.31 Å². The lowest BCUT2D eigenvalue weighted by molar-refractivity contribution is 0.00578. The van der Waals surface area contributed by atoms with Gasteiger partial charge in [0, 0.05) is 11.7 Å². The Kier molecular flexibility index (Phi) is 4.72. The van der Waals surface area contributed by atoms with Gasteiger partial charge in [0.05, 0.1) is 11.2 Å². The molecule has 0 unspecified atom stereocenters. The molecule has 0 spiro atoms. The Morgan fingerprint density at radius 2 is 1.76 bits per heavy atom. The molecule has 2 heterocycles. The highest BCUT2D eigenvalue weighted by Gasteiger charge is 2.52. The minimum Gasteiger partial charge on any atom is -0.399 e. The summed E-state index contributed by atoms with van der Waals surface area (Å²) in [5.41, 5.74) is 2.59. The molecule has 1 saturated heterocycles. The summed E-state index contributed by atoms with van der Waals surface area (Å²) in [6.45, 7) is 12.5. The molecule has 0 N–H and O–H groups in total. The van der Waals surface area contributed by atoms with E-state index in [-0.39, 0.29) is 18.3 Å². The van der Waals surface area contributed by atoms with Crippen LogP contribution in [0.15, 0.2) is 6.20 Å². The summed E-state index contributed by atoms with van der Waals surface area (Å²) >= 11 is 6.19. The molecular formula is C16H25BClNO2. The molecule has 1 fully saturated rings. The molecule has 3 nitrogen and oxygen atoms in total. The maximum Gasteiger partial charge on any atom is 0.496 e. The van der Waals surface area contributed by atoms with Crippen LogP contribution in [0.5, 0.6) is 0 Å². The van der Waals surface area contributed by atoms with E-state index in [1.807, 2.05) is 13.1 Å². The first-order chi connectivity index (χ1) is 9.69. The lowest BCUT2D eigenvalue weighted by Gasteiger charge is -2.32. The lowest BCUT2D eigenvalue weighted by Crippen LogP contribution is -2.41. The fraction of sp³-hybridized carbons (Fsp3) is 0.688. The molecule has 0 saturated carbocycles. The number of rotatable bonds is 4. The largest absolute Gasteiger partial charge is 0.496 e. The molecule has 5 heteroatoms. The summed E-state index contributed by atoms with van der Waals surface area (Å²) in [4.78, 5) is 4.29. The van der Waals surface area contributed by atoms with Gasteiger partial charge in [-0.15, -0.1) is 0 Å². The summed E-state index contributed by atoms with van der Waals surface area (Å²) in [5, 5.41) is 0.571. The van der Waals surface area contributed by atoms with Crippen LogP contribution >= 0.6 is 11.6 Å². The van der Waals surface area contributed by atoms with E-state index in [1.54, 1.807) is 0 Å². The monoisotopic (exact) mass is 309 g/mol. The van der Waals surface area contributed by atoms with E-state index in [0.717, 1.165) is 30.3 Å². The molecule has 0 bridgehead atoms. The van der Waals surface area contributed by atoms with Crippen molar-refractivity contribution in [1.82, 2.24) is 4.98 Å². The molecule has 0 aliphatic carbocycles. The fourth-order valence-corrected chi connectivity index (χ4v) is 2.66. The zero-order chi connectivity index (χ0) is 15.8. The molecular weight excluding hydrogens is 284 g/mol. The molecule has 0 aromatic carbocycles. The Morgan fingerprint density at radius 1 is 1.19 bits per heavy atom. The number of hydrogen-bond acceptors (Lipinski definition) is 3. The molecule has 0 radical (unpaired) electrons. The molecule has 1 aliphatic rings. The number of aromatic nitrogens is 1. The molecule has 116 valence electrons. The van der Waals surface area contributed by atoms with Gasteiger partial charge in [0.2, 0.25) is 0 Å². The third kappa shape index (κ3) is 3.13. The van der Waals surface area contributed by atoms with Gasteiger partial charge in [-0.3, -0.25) is 0 Å². The number of pyridine rings is 1. The van der Waals surface area contributed by atoms with Crippen molar-refractivity contribution >= 4 is 24.2 Å². The minimum absolute atomic E-state index is 0.340. The van der Waals surface area contributed by atoms with E-state index < -0.39 is 0 Å². The Morgan fingerprint density at radius 3 is 2.29 bits per heavy atom. The van der Waals surface area contributed by atoms with Crippen molar-refractivity contribution in [3.63, 3.8) is 0 Å². The van der Waals surface area contributed by atoms with E-state index in [2.05, 4.69) is 39.6 Å².